The predicted octanol–water partition coefficient (Wildman–Crippen LogP) is 1.96. The Labute approximate surface area is 111 Å². The molecule has 1 aromatic rings. The quantitative estimate of drug-likeness (QED) is 0.877. The van der Waals surface area contributed by atoms with Crippen molar-refractivity contribution in [1.82, 2.24) is 5.32 Å². The van der Waals surface area contributed by atoms with E-state index in [1.54, 1.807) is 12.1 Å². The first-order valence-corrected chi connectivity index (χ1v) is 6.50. The van der Waals surface area contributed by atoms with Gasteiger partial charge in [0.15, 0.2) is 0 Å². The number of hydrogen-bond donors (Lipinski definition) is 2. The van der Waals surface area contributed by atoms with Crippen molar-refractivity contribution in [3.05, 3.63) is 28.8 Å². The van der Waals surface area contributed by atoms with Crippen LogP contribution in [0.2, 0.25) is 5.02 Å². The molecule has 1 saturated heterocycles. The highest BCUT2D eigenvalue weighted by Crippen LogP contribution is 2.25. The molecule has 4 nitrogen and oxygen atoms in total. The van der Waals surface area contributed by atoms with Gasteiger partial charge in [0, 0.05) is 11.6 Å². The zero-order valence-electron chi connectivity index (χ0n) is 10.1. The van der Waals surface area contributed by atoms with Gasteiger partial charge in [0.2, 0.25) is 5.91 Å². The lowest BCUT2D eigenvalue weighted by Crippen LogP contribution is -2.38. The second-order valence-corrected chi connectivity index (χ2v) is 4.87. The van der Waals surface area contributed by atoms with Crippen LogP contribution in [0.25, 0.3) is 0 Å². The lowest BCUT2D eigenvalue weighted by molar-refractivity contribution is 0.1000. The average Bonchev–Trinajstić information content (AvgIpc) is 2.38. The van der Waals surface area contributed by atoms with Crippen LogP contribution in [0.15, 0.2) is 18.2 Å². The smallest absolute Gasteiger partial charge is 0.248 e. The summed E-state index contributed by atoms with van der Waals surface area (Å²) < 4.78 is 5.66. The molecule has 1 amide bonds. The van der Waals surface area contributed by atoms with E-state index in [1.165, 1.54) is 18.9 Å². The van der Waals surface area contributed by atoms with Gasteiger partial charge < -0.3 is 15.8 Å². The fourth-order valence-corrected chi connectivity index (χ4v) is 2.26. The van der Waals surface area contributed by atoms with Gasteiger partial charge in [-0.1, -0.05) is 18.0 Å². The Balaban J connectivity index is 1.94. The van der Waals surface area contributed by atoms with Gasteiger partial charge in [-0.3, -0.25) is 4.79 Å². The fraction of sp³-hybridized carbons (Fsp3) is 0.462. The predicted molar refractivity (Wildman–Crippen MR) is 71.1 cm³/mol. The molecule has 98 valence electrons. The number of piperidine rings is 1. The molecule has 2 rings (SSSR count). The minimum atomic E-state index is -0.489. The van der Waals surface area contributed by atoms with Crippen LogP contribution in [-0.2, 0) is 0 Å². The Bertz CT molecular complexity index is 431. The summed E-state index contributed by atoms with van der Waals surface area (Å²) in [6.07, 6.45) is 3.58. The molecular weight excluding hydrogens is 252 g/mol. The second kappa shape index (κ2) is 6.07. The van der Waals surface area contributed by atoms with Crippen LogP contribution < -0.4 is 15.8 Å². The number of carbonyl (C=O) groups excluding carboxylic acids is 1. The van der Waals surface area contributed by atoms with Crippen molar-refractivity contribution < 1.29 is 9.53 Å². The molecule has 1 heterocycles. The van der Waals surface area contributed by atoms with E-state index in [4.69, 9.17) is 22.1 Å². The van der Waals surface area contributed by atoms with E-state index < -0.39 is 5.91 Å². The largest absolute Gasteiger partial charge is 0.490 e. The molecule has 1 fully saturated rings. The second-order valence-electron chi connectivity index (χ2n) is 4.47. The first-order chi connectivity index (χ1) is 8.66. The number of benzene rings is 1. The molecule has 18 heavy (non-hydrogen) atoms. The van der Waals surface area contributed by atoms with Gasteiger partial charge in [0.25, 0.3) is 0 Å². The highest BCUT2D eigenvalue weighted by molar-refractivity contribution is 6.32. The Hall–Kier alpha value is -1.26. The molecule has 1 unspecified atom stereocenters. The van der Waals surface area contributed by atoms with Crippen LogP contribution >= 0.6 is 11.6 Å². The van der Waals surface area contributed by atoms with Crippen molar-refractivity contribution in [2.24, 2.45) is 5.73 Å². The maximum atomic E-state index is 11.0. The summed E-state index contributed by atoms with van der Waals surface area (Å²) in [6.45, 7) is 1.64. The van der Waals surface area contributed by atoms with E-state index in [2.05, 4.69) is 5.32 Å². The van der Waals surface area contributed by atoms with E-state index in [1.807, 2.05) is 0 Å². The average molecular weight is 269 g/mol. The number of primary amides is 1. The van der Waals surface area contributed by atoms with E-state index in [9.17, 15) is 4.79 Å². The Morgan fingerprint density at radius 3 is 2.94 bits per heavy atom. The lowest BCUT2D eigenvalue weighted by Gasteiger charge is -2.23. The van der Waals surface area contributed by atoms with Crippen LogP contribution in [0, 0.1) is 0 Å². The molecule has 0 bridgehead atoms. The molecule has 0 spiro atoms. The summed E-state index contributed by atoms with van der Waals surface area (Å²) in [5.74, 6) is 0.103. The summed E-state index contributed by atoms with van der Waals surface area (Å²) in [7, 11) is 0. The van der Waals surface area contributed by atoms with E-state index in [0.717, 1.165) is 13.0 Å². The molecule has 5 heteroatoms. The number of amides is 1. The topological polar surface area (TPSA) is 64.4 Å². The van der Waals surface area contributed by atoms with Gasteiger partial charge in [-0.05, 0) is 37.6 Å². The molecule has 3 N–H and O–H groups in total. The Morgan fingerprint density at radius 2 is 2.33 bits per heavy atom. The first kappa shape index (κ1) is 13.2. The molecule has 1 atom stereocenters. The zero-order valence-corrected chi connectivity index (χ0v) is 10.9. The summed E-state index contributed by atoms with van der Waals surface area (Å²) in [5, 5.41) is 3.81. The number of halogens is 1. The van der Waals surface area contributed by atoms with Crippen molar-refractivity contribution in [2.45, 2.75) is 25.3 Å². The summed E-state index contributed by atoms with van der Waals surface area (Å²) >= 11 is 6.04. The number of hydrogen-bond acceptors (Lipinski definition) is 3. The number of carbonyl (C=O) groups is 1. The third-order valence-corrected chi connectivity index (χ3v) is 3.36. The first-order valence-electron chi connectivity index (χ1n) is 6.12. The van der Waals surface area contributed by atoms with Gasteiger partial charge in [-0.25, -0.2) is 0 Å². The number of nitrogens with one attached hydrogen (secondary N) is 1. The molecule has 1 aromatic carbocycles. The monoisotopic (exact) mass is 268 g/mol. The molecule has 0 saturated carbocycles. The van der Waals surface area contributed by atoms with Crippen LogP contribution in [0.4, 0.5) is 0 Å². The number of nitrogens with two attached hydrogens (primary N) is 1. The SMILES string of the molecule is NC(=O)c1ccc(OCC2CCCCN2)c(Cl)c1. The van der Waals surface area contributed by atoms with Gasteiger partial charge in [0.05, 0.1) is 5.02 Å². The normalized spacial score (nSPS) is 19.5. The molecule has 1 aliphatic heterocycles. The van der Waals surface area contributed by atoms with Crippen LogP contribution in [-0.4, -0.2) is 25.1 Å². The highest BCUT2D eigenvalue weighted by Gasteiger charge is 2.14. The van der Waals surface area contributed by atoms with Crippen molar-refractivity contribution in [1.29, 1.82) is 0 Å². The standard InChI is InChI=1S/C13H17ClN2O2/c14-11-7-9(13(15)17)4-5-12(11)18-8-10-3-1-2-6-16-10/h4-5,7,10,16H,1-3,6,8H2,(H2,15,17). The zero-order chi connectivity index (χ0) is 13.0. The summed E-state index contributed by atoms with van der Waals surface area (Å²) in [6, 6.07) is 5.22. The van der Waals surface area contributed by atoms with Crippen molar-refractivity contribution >= 4 is 17.5 Å². The third kappa shape index (κ3) is 3.37. The van der Waals surface area contributed by atoms with Crippen molar-refractivity contribution in [3.8, 4) is 5.75 Å². The van der Waals surface area contributed by atoms with E-state index in [-0.39, 0.29) is 0 Å². The maximum absolute atomic E-state index is 11.0. The lowest BCUT2D eigenvalue weighted by atomic mass is 10.1. The van der Waals surface area contributed by atoms with E-state index in [0.29, 0.717) is 29.0 Å². The third-order valence-electron chi connectivity index (χ3n) is 3.07. The molecule has 0 aliphatic carbocycles. The van der Waals surface area contributed by atoms with Gasteiger partial charge in [0.1, 0.15) is 12.4 Å². The molecule has 1 aliphatic rings. The number of ether oxygens (including phenoxy) is 1. The van der Waals surface area contributed by atoms with Crippen LogP contribution in [0.3, 0.4) is 0 Å². The molecule has 0 radical (unpaired) electrons. The van der Waals surface area contributed by atoms with Crippen molar-refractivity contribution in [2.75, 3.05) is 13.2 Å². The summed E-state index contributed by atoms with van der Waals surface area (Å²) in [4.78, 5) is 11.0. The van der Waals surface area contributed by atoms with Gasteiger partial charge in [-0.15, -0.1) is 0 Å². The minimum Gasteiger partial charge on any atom is -0.490 e. The summed E-state index contributed by atoms with van der Waals surface area (Å²) in [5.41, 5.74) is 5.57. The van der Waals surface area contributed by atoms with Crippen molar-refractivity contribution in [3.63, 3.8) is 0 Å². The fourth-order valence-electron chi connectivity index (χ4n) is 2.03. The van der Waals surface area contributed by atoms with Gasteiger partial charge >= 0.3 is 0 Å². The number of rotatable bonds is 4. The van der Waals surface area contributed by atoms with Gasteiger partial charge in [-0.2, -0.15) is 0 Å². The Kier molecular flexibility index (Phi) is 4.44. The highest BCUT2D eigenvalue weighted by atomic mass is 35.5. The van der Waals surface area contributed by atoms with Crippen LogP contribution in [0.1, 0.15) is 29.6 Å². The van der Waals surface area contributed by atoms with Crippen LogP contribution in [0.5, 0.6) is 5.75 Å². The minimum absolute atomic E-state index is 0.380. The Morgan fingerprint density at radius 1 is 1.50 bits per heavy atom. The maximum Gasteiger partial charge on any atom is 0.248 e. The van der Waals surface area contributed by atoms with E-state index >= 15 is 0 Å². The molecular formula is C13H17ClN2O2. The molecule has 0 aromatic heterocycles.